The van der Waals surface area contributed by atoms with Crippen LogP contribution in [0.2, 0.25) is 0 Å². The minimum Gasteiger partial charge on any atom is -0.550 e. The molecule has 0 saturated heterocycles. The zero-order chi connectivity index (χ0) is 42.6. The molecule has 0 spiro atoms. The van der Waals surface area contributed by atoms with E-state index in [4.69, 9.17) is 20.4 Å². The van der Waals surface area contributed by atoms with Crippen LogP contribution in [-0.4, -0.2) is 114 Å². The molecule has 0 aromatic carbocycles. The number of carbonyl (C=O) groups excluding carboxylic acids is 12. The number of carboxylic acids is 12. The number of aliphatic hydroxyl groups is 4. The van der Waals surface area contributed by atoms with Gasteiger partial charge in [0, 0.05) is 162 Å². The summed E-state index contributed by atoms with van der Waals surface area (Å²) in [6.45, 7) is 0. The largest absolute Gasteiger partial charge is 0.550 e. The number of rotatable bonds is 20. The molecule has 0 amide bonds. The summed E-state index contributed by atoms with van der Waals surface area (Å²) in [6.07, 6.45) is -10.9. The second-order valence-electron chi connectivity index (χ2n) is 9.67. The standard InChI is InChI=1S/4C6H8O7.3W/c4*7-3(8)1-6(13,5(11)12)2-4(9)10;;;/h4*13H,1-2H2,(H,7,8)(H,9,10)(H,11,12);;;/p-12. The van der Waals surface area contributed by atoms with Gasteiger partial charge in [0.25, 0.3) is 0 Å². The van der Waals surface area contributed by atoms with Crippen LogP contribution in [0.3, 0.4) is 0 Å². The van der Waals surface area contributed by atoms with E-state index in [-0.39, 0.29) is 63.2 Å². The van der Waals surface area contributed by atoms with Gasteiger partial charge in [-0.05, 0) is 0 Å². The van der Waals surface area contributed by atoms with Gasteiger partial charge in [-0.1, -0.05) is 0 Å². The molecule has 0 atom stereocenters. The van der Waals surface area contributed by atoms with Gasteiger partial charge in [-0.15, -0.1) is 0 Å². The van der Waals surface area contributed by atoms with Crippen molar-refractivity contribution in [3.05, 3.63) is 0 Å². The maximum atomic E-state index is 10.1. The summed E-state index contributed by atoms with van der Waals surface area (Å²) >= 11 is 0. The van der Waals surface area contributed by atoms with Gasteiger partial charge in [-0.3, -0.25) is 0 Å². The summed E-state index contributed by atoms with van der Waals surface area (Å²) in [6, 6.07) is 0. The molecule has 0 saturated carbocycles. The van der Waals surface area contributed by atoms with Gasteiger partial charge in [0.2, 0.25) is 0 Å². The molecule has 55 heavy (non-hydrogen) atoms. The Bertz CT molecular complexity index is 1130. The van der Waals surface area contributed by atoms with Crippen molar-refractivity contribution < 1.29 is 202 Å². The van der Waals surface area contributed by atoms with Crippen molar-refractivity contribution in [2.45, 2.75) is 73.8 Å². The molecule has 314 valence electrons. The van der Waals surface area contributed by atoms with E-state index in [9.17, 15) is 119 Å². The fourth-order valence-electron chi connectivity index (χ4n) is 2.74. The Morgan fingerprint density at radius 3 is 0.364 bits per heavy atom. The molecule has 0 aliphatic rings. The van der Waals surface area contributed by atoms with Crippen molar-refractivity contribution in [1.29, 1.82) is 0 Å². The summed E-state index contributed by atoms with van der Waals surface area (Å²) in [7, 11) is 0. The molecule has 0 rings (SSSR count). The summed E-state index contributed by atoms with van der Waals surface area (Å²) in [5, 5.41) is 156. The third-order valence-electron chi connectivity index (χ3n) is 5.01. The van der Waals surface area contributed by atoms with Crippen LogP contribution in [0.25, 0.3) is 0 Å². The van der Waals surface area contributed by atoms with Crippen LogP contribution >= 0.6 is 0 Å². The molecule has 0 aliphatic heterocycles. The number of carboxylic acid groups (broad SMARTS) is 12. The summed E-state index contributed by atoms with van der Waals surface area (Å²) < 4.78 is 0. The van der Waals surface area contributed by atoms with E-state index in [0.29, 0.717) is 0 Å². The second-order valence-corrected chi connectivity index (χ2v) is 9.67. The van der Waals surface area contributed by atoms with Gasteiger partial charge in [-0.2, -0.15) is 0 Å². The maximum Gasteiger partial charge on any atom is 0.114 e. The van der Waals surface area contributed by atoms with Crippen LogP contribution in [0, 0.1) is 0 Å². The van der Waals surface area contributed by atoms with E-state index in [0.717, 1.165) is 0 Å². The van der Waals surface area contributed by atoms with Crippen LogP contribution < -0.4 is 61.3 Å². The molecule has 0 unspecified atom stereocenters. The summed E-state index contributed by atoms with van der Waals surface area (Å²) in [5.74, 6) is -23.9. The first-order chi connectivity index (χ1) is 23.1. The molecular formula is C24H20O28W3-12. The maximum absolute atomic E-state index is 10.1. The third-order valence-corrected chi connectivity index (χ3v) is 5.01. The fourth-order valence-corrected chi connectivity index (χ4v) is 2.74. The number of aliphatic carboxylic acids is 12. The van der Waals surface area contributed by atoms with E-state index in [1.54, 1.807) is 0 Å². The molecule has 0 heterocycles. The molecule has 0 radical (unpaired) electrons. The predicted octanol–water partition coefficient (Wildman–Crippen LogP) is -21.0. The molecule has 0 aromatic heterocycles. The van der Waals surface area contributed by atoms with Crippen LogP contribution in [-0.2, 0) is 121 Å². The second kappa shape index (κ2) is 28.9. The molecule has 0 bridgehead atoms. The molecule has 4 N–H and O–H groups in total. The van der Waals surface area contributed by atoms with Crippen molar-refractivity contribution in [2.24, 2.45) is 0 Å². The van der Waals surface area contributed by atoms with Crippen LogP contribution in [0.5, 0.6) is 0 Å². The van der Waals surface area contributed by atoms with Crippen LogP contribution in [0.1, 0.15) is 51.4 Å². The quantitative estimate of drug-likeness (QED) is 0.0879. The zero-order valence-corrected chi connectivity index (χ0v) is 35.3. The SMILES string of the molecule is O=C([O-])CC(O)(CC(=O)[O-])C(=O)[O-].O=C([O-])CC(O)(CC(=O)[O-])C(=O)[O-].O=C([O-])CC(O)(CC(=O)[O-])C(=O)[O-].O=C([O-])CC(O)(CC(=O)[O-])C(=O)[O-].[W].[W].[W]. The molecule has 0 aliphatic carbocycles. The Morgan fingerprint density at radius 1 is 0.255 bits per heavy atom. The minimum absolute atomic E-state index is 0. The van der Waals surface area contributed by atoms with Crippen molar-refractivity contribution in [1.82, 2.24) is 0 Å². The van der Waals surface area contributed by atoms with E-state index < -0.39 is 145 Å². The summed E-state index contributed by atoms with van der Waals surface area (Å²) in [4.78, 5) is 120. The Morgan fingerprint density at radius 2 is 0.327 bits per heavy atom. The average molecular weight is 1310 g/mol. The Labute approximate surface area is 346 Å². The van der Waals surface area contributed by atoms with Crippen molar-refractivity contribution in [3.8, 4) is 0 Å². The van der Waals surface area contributed by atoms with Crippen molar-refractivity contribution >= 4 is 71.6 Å². The number of hydrogen-bond donors (Lipinski definition) is 4. The van der Waals surface area contributed by atoms with E-state index in [1.807, 2.05) is 0 Å². The molecule has 31 heteroatoms. The van der Waals surface area contributed by atoms with E-state index in [2.05, 4.69) is 0 Å². The van der Waals surface area contributed by atoms with Gasteiger partial charge in [0.05, 0.1) is 23.9 Å². The fraction of sp³-hybridized carbons (Fsp3) is 0.500. The molecule has 28 nitrogen and oxygen atoms in total. The molecule has 0 fully saturated rings. The van der Waals surface area contributed by atoms with Gasteiger partial charge in [0.1, 0.15) is 22.4 Å². The van der Waals surface area contributed by atoms with Crippen LogP contribution in [0.4, 0.5) is 0 Å². The molecular weight excluding hydrogens is 1290 g/mol. The number of carbonyl (C=O) groups is 12. The normalized spacial score (nSPS) is 10.3. The van der Waals surface area contributed by atoms with Gasteiger partial charge < -0.3 is 139 Å². The summed E-state index contributed by atoms with van der Waals surface area (Å²) in [5.41, 5.74) is -11.9. The Balaban J connectivity index is -0.000000110. The first-order valence-corrected chi connectivity index (χ1v) is 12.5. The monoisotopic (exact) mass is 1310 g/mol. The Hall–Kier alpha value is -4.46. The van der Waals surface area contributed by atoms with Crippen molar-refractivity contribution in [2.75, 3.05) is 0 Å². The van der Waals surface area contributed by atoms with E-state index >= 15 is 0 Å². The zero-order valence-electron chi connectivity index (χ0n) is 26.5. The van der Waals surface area contributed by atoms with E-state index in [1.165, 1.54) is 0 Å². The van der Waals surface area contributed by atoms with Gasteiger partial charge >= 0.3 is 0 Å². The predicted molar refractivity (Wildman–Crippen MR) is 117 cm³/mol. The molecule has 0 aromatic rings. The van der Waals surface area contributed by atoms with Crippen LogP contribution in [0.15, 0.2) is 0 Å². The average Bonchev–Trinajstić information content (AvgIpc) is 2.85. The van der Waals surface area contributed by atoms with Gasteiger partial charge in [-0.25, -0.2) is 0 Å². The first-order valence-electron chi connectivity index (χ1n) is 12.5. The van der Waals surface area contributed by atoms with Gasteiger partial charge in [0.15, 0.2) is 0 Å². The minimum atomic E-state index is -2.97. The van der Waals surface area contributed by atoms with Crippen molar-refractivity contribution in [3.63, 3.8) is 0 Å². The number of hydrogen-bond acceptors (Lipinski definition) is 28. The topological polar surface area (TPSA) is 562 Å². The first kappa shape index (κ1) is 65.4. The Kier molecular flexibility index (Phi) is 34.4. The third kappa shape index (κ3) is 31.6. The smallest absolute Gasteiger partial charge is 0.114 e.